The number of nitrogens with one attached hydrogen (secondary N) is 4. The molecule has 6 heterocycles. The van der Waals surface area contributed by atoms with Crippen molar-refractivity contribution < 1.29 is 74.7 Å². The first-order valence-corrected chi connectivity index (χ1v) is 33.9. The Kier molecular flexibility index (Phi) is 19.2. The predicted molar refractivity (Wildman–Crippen MR) is 320 cm³/mol. The van der Waals surface area contributed by atoms with E-state index in [0.29, 0.717) is 98.9 Å². The van der Waals surface area contributed by atoms with Crippen molar-refractivity contribution in [3.63, 3.8) is 0 Å². The summed E-state index contributed by atoms with van der Waals surface area (Å²) in [5.74, 6) is 1.34. The van der Waals surface area contributed by atoms with E-state index in [0.717, 1.165) is 29.0 Å². The maximum atomic E-state index is 14.8. The lowest BCUT2D eigenvalue weighted by atomic mass is 9.91. The van der Waals surface area contributed by atoms with Crippen LogP contribution in [0.5, 0.6) is 0 Å². The number of fused-ring (bicyclic) bond motifs is 3. The topological polar surface area (TPSA) is 332 Å². The highest BCUT2D eigenvalue weighted by atomic mass is 32.2. The van der Waals surface area contributed by atoms with E-state index >= 15 is 0 Å². The van der Waals surface area contributed by atoms with E-state index in [1.54, 1.807) is 29.2 Å². The van der Waals surface area contributed by atoms with Crippen LogP contribution in [0.4, 0.5) is 8.78 Å². The van der Waals surface area contributed by atoms with Crippen LogP contribution < -0.4 is 27.0 Å². The highest BCUT2D eigenvalue weighted by Gasteiger charge is 2.51. The van der Waals surface area contributed by atoms with Crippen molar-refractivity contribution in [2.45, 2.75) is 155 Å². The van der Waals surface area contributed by atoms with Gasteiger partial charge in [-0.3, -0.25) is 53.0 Å². The summed E-state index contributed by atoms with van der Waals surface area (Å²) in [5, 5.41) is 10.3. The fourth-order valence-corrected chi connectivity index (χ4v) is 15.6. The van der Waals surface area contributed by atoms with Crippen molar-refractivity contribution in [1.82, 2.24) is 40.9 Å². The van der Waals surface area contributed by atoms with Gasteiger partial charge in [0.1, 0.15) is 30.2 Å². The lowest BCUT2D eigenvalue weighted by molar-refractivity contribution is -0.144. The number of nitrogens with two attached hydrogens (primary N) is 1. The first-order chi connectivity index (χ1) is 42.3. The van der Waals surface area contributed by atoms with Gasteiger partial charge in [-0.2, -0.15) is 8.78 Å². The summed E-state index contributed by atoms with van der Waals surface area (Å²) in [6.45, 7) is 3.74. The Morgan fingerprint density at radius 2 is 1.64 bits per heavy atom. The Balaban J connectivity index is 0.813. The Morgan fingerprint density at radius 3 is 2.33 bits per heavy atom. The normalized spacial score (nSPS) is 21.8. The highest BCUT2D eigenvalue weighted by Crippen LogP contribution is 2.59. The second kappa shape index (κ2) is 26.5. The molecule has 1 aromatic heterocycles. The molecule has 89 heavy (non-hydrogen) atoms. The van der Waals surface area contributed by atoms with E-state index < -0.39 is 112 Å². The average Bonchev–Trinajstić information content (AvgIpc) is 2.59. The summed E-state index contributed by atoms with van der Waals surface area (Å²) >= 11 is 0.911. The Hall–Kier alpha value is -7.47. The number of rotatable bonds is 20. The van der Waals surface area contributed by atoms with Crippen molar-refractivity contribution in [1.29, 1.82) is 0 Å². The quantitative estimate of drug-likeness (QED) is 0.0378. The number of carbonyl (C=O) groups is 9. The molecule has 6 aliphatic rings. The fraction of sp³-hybridized carbons (Fsp3) is 0.492. The van der Waals surface area contributed by atoms with Gasteiger partial charge < -0.3 is 51.1 Å². The van der Waals surface area contributed by atoms with Gasteiger partial charge in [-0.05, 0) is 136 Å². The van der Waals surface area contributed by atoms with Crippen molar-refractivity contribution >= 4 is 92.0 Å². The van der Waals surface area contributed by atoms with Gasteiger partial charge in [-0.25, -0.2) is 8.42 Å². The molecule has 9 amide bonds. The van der Waals surface area contributed by atoms with E-state index in [1.165, 1.54) is 34.1 Å². The lowest BCUT2D eigenvalue weighted by Gasteiger charge is -2.38. The van der Waals surface area contributed by atoms with Crippen LogP contribution in [0.25, 0.3) is 10.1 Å². The summed E-state index contributed by atoms with van der Waals surface area (Å²) in [7, 11) is -9.44. The van der Waals surface area contributed by atoms with E-state index in [-0.39, 0.29) is 84.5 Å². The number of thiophene rings is 1. The molecular formula is C61H70F2N9O14PS2. The number of piperidine rings is 2. The standard InChI is InChI=1S/C61H70F2N9O14PS2/c1-2-69-27-26-40-13-19-49(72(40)60(81)47(34-69)67-57(78)51-32-38-31-39(12-21-50(38)88-51)61(62,63)87(82,83)84)56(77)65-45(18-22-52(64)73)54(75)66-46(30-36-10-14-41(15-11-36)89(85,86)42-16-17-42)59(80)70-28-24-35(25-29-70)6-3-4-7-37-8-5-9-43-44(37)33-71(58(43)79)48-20-23-53(74)68-55(48)76/h5,8-12,14-15,21,31-32,35,40,42,45-49H,2-3,6,13,16-20,22-30,33-34H2,1H3,(H2,64,73)(H,65,77)(H,66,75)(H,67,78)(H,68,74,76)(H2,82,83,84)/t40-,45?,46?,47+,48?,49+/m1/s1. The maximum Gasteiger partial charge on any atom is 0.399 e. The number of hydrogen-bond donors (Lipinski definition) is 7. The zero-order valence-corrected chi connectivity index (χ0v) is 51.3. The fourth-order valence-electron chi connectivity index (χ4n) is 12.5. The zero-order chi connectivity index (χ0) is 63.7. The first kappa shape index (κ1) is 64.5. The molecule has 1 aliphatic carbocycles. The van der Waals surface area contributed by atoms with Gasteiger partial charge in [0.25, 0.3) is 11.8 Å². The number of alkyl halides is 2. The van der Waals surface area contributed by atoms with Crippen LogP contribution in [0.1, 0.15) is 133 Å². The molecule has 4 aromatic rings. The molecule has 28 heteroatoms. The third-order valence-corrected chi connectivity index (χ3v) is 22.2. The van der Waals surface area contributed by atoms with Crippen LogP contribution in [0.15, 0.2) is 71.6 Å². The number of carbonyl (C=O) groups excluding carboxylic acids is 9. The molecule has 5 fully saturated rings. The van der Waals surface area contributed by atoms with Crippen molar-refractivity contribution in [2.75, 3.05) is 32.7 Å². The number of halogens is 2. The SMILES string of the molecule is CCN1CC[C@H]2CC[C@@H](C(=O)NC(CCC(N)=O)C(=O)NC(Cc3ccc(S(=O)(=O)C4CC4)cc3)C(=O)N3CCC(CCC#Cc4cccc5c4CN(C4CCC(=O)NC4=O)C5=O)CC3)N2C(=O)[C@@H](NC(=O)c2cc3cc(C(F)(F)P(=O)(O)O)ccc3s2)C1. The van der Waals surface area contributed by atoms with E-state index in [9.17, 15) is 74.7 Å². The molecule has 10 rings (SSSR count). The molecule has 8 N–H and O–H groups in total. The summed E-state index contributed by atoms with van der Waals surface area (Å²) < 4.78 is 67.5. The molecule has 1 saturated carbocycles. The molecule has 4 saturated heterocycles. The number of benzene rings is 3. The lowest BCUT2D eigenvalue weighted by Crippen LogP contribution is -2.62. The summed E-state index contributed by atoms with van der Waals surface area (Å²) in [6.07, 6.45) is 4.20. The highest BCUT2D eigenvalue weighted by molar-refractivity contribution is 7.92. The predicted octanol–water partition coefficient (Wildman–Crippen LogP) is 3.56. The largest absolute Gasteiger partial charge is 0.399 e. The second-order valence-corrected chi connectivity index (χ2v) is 28.7. The number of primary amides is 1. The van der Waals surface area contributed by atoms with Crippen LogP contribution in [0.2, 0.25) is 0 Å². The van der Waals surface area contributed by atoms with Gasteiger partial charge in [0.2, 0.25) is 41.4 Å². The third-order valence-electron chi connectivity index (χ3n) is 17.8. The molecule has 3 aromatic carbocycles. The molecule has 0 spiro atoms. The monoisotopic (exact) mass is 1290 g/mol. The number of amides is 9. The van der Waals surface area contributed by atoms with Crippen LogP contribution >= 0.6 is 18.9 Å². The number of likely N-dealkylation sites (N-methyl/N-ethyl adjacent to an activating group) is 1. The Labute approximate surface area is 516 Å². The van der Waals surface area contributed by atoms with Gasteiger partial charge in [0.05, 0.1) is 15.0 Å². The number of nitrogens with zero attached hydrogens (tertiary/aromatic N) is 4. The van der Waals surface area contributed by atoms with Gasteiger partial charge in [0, 0.05) is 85.8 Å². The number of likely N-dealkylation sites (tertiary alicyclic amines) is 1. The second-order valence-electron chi connectivity index (χ2n) is 23.7. The zero-order valence-electron chi connectivity index (χ0n) is 48.8. The van der Waals surface area contributed by atoms with Gasteiger partial charge in [-0.1, -0.05) is 43.0 Å². The summed E-state index contributed by atoms with van der Waals surface area (Å²) in [6, 6.07) is 9.33. The third kappa shape index (κ3) is 14.3. The smallest absolute Gasteiger partial charge is 0.370 e. The average molecular weight is 1290 g/mol. The van der Waals surface area contributed by atoms with Crippen LogP contribution in [0, 0.1) is 17.8 Å². The summed E-state index contributed by atoms with van der Waals surface area (Å²) in [5.41, 5.74) is 2.53. The van der Waals surface area contributed by atoms with Crippen LogP contribution in [0.3, 0.4) is 0 Å². The molecule has 0 bridgehead atoms. The van der Waals surface area contributed by atoms with Crippen molar-refractivity contribution in [3.8, 4) is 11.8 Å². The Bertz CT molecular complexity index is 3730. The molecule has 0 radical (unpaired) electrons. The maximum absolute atomic E-state index is 14.8. The minimum Gasteiger partial charge on any atom is -0.370 e. The van der Waals surface area contributed by atoms with Crippen LogP contribution in [-0.4, -0.2) is 165 Å². The summed E-state index contributed by atoms with van der Waals surface area (Å²) in [4.78, 5) is 148. The van der Waals surface area contributed by atoms with Crippen molar-refractivity contribution in [2.24, 2.45) is 11.7 Å². The van der Waals surface area contributed by atoms with E-state index in [4.69, 9.17) is 5.73 Å². The van der Waals surface area contributed by atoms with Gasteiger partial charge in [-0.15, -0.1) is 11.3 Å². The molecule has 5 aliphatic heterocycles. The Morgan fingerprint density at radius 1 is 0.899 bits per heavy atom. The number of imide groups is 1. The first-order valence-electron chi connectivity index (χ1n) is 29.9. The van der Waals surface area contributed by atoms with Crippen LogP contribution in [-0.2, 0) is 66.6 Å². The van der Waals surface area contributed by atoms with Gasteiger partial charge in [0.15, 0.2) is 9.84 Å². The van der Waals surface area contributed by atoms with Crippen molar-refractivity contribution in [3.05, 3.63) is 99.4 Å². The molecule has 474 valence electrons. The van der Waals surface area contributed by atoms with E-state index in [2.05, 4.69) is 33.1 Å². The number of sulfone groups is 1. The molecule has 23 nitrogen and oxygen atoms in total. The minimum absolute atomic E-state index is 0.0143. The number of hydrogen-bond acceptors (Lipinski definition) is 14. The van der Waals surface area contributed by atoms with E-state index in [1.807, 2.05) is 17.9 Å². The molecular weight excluding hydrogens is 1220 g/mol. The molecule has 3 unspecified atom stereocenters. The minimum atomic E-state index is -5.89. The molecule has 6 atom stereocenters. The van der Waals surface area contributed by atoms with Gasteiger partial charge >= 0.3 is 13.3 Å².